The standard InChI is InChI=1S/C20H14ClNO3/c21-15-9-10-16(25-11-12-5-2-1-3-6-12)17-13-7-4-8-14(20(23)24)18(13)22-19(15)17/h1-10,22H,11H2,(H,23,24). The Balaban J connectivity index is 1.87. The van der Waals surface area contributed by atoms with E-state index in [0.717, 1.165) is 16.3 Å². The molecule has 3 aromatic carbocycles. The zero-order valence-electron chi connectivity index (χ0n) is 13.1. The van der Waals surface area contributed by atoms with E-state index in [-0.39, 0.29) is 5.56 Å². The van der Waals surface area contributed by atoms with E-state index in [1.54, 1.807) is 18.2 Å². The van der Waals surface area contributed by atoms with Crippen LogP contribution >= 0.6 is 11.6 Å². The van der Waals surface area contributed by atoms with Crippen LogP contribution in [0.15, 0.2) is 60.7 Å². The number of fused-ring (bicyclic) bond motifs is 3. The van der Waals surface area contributed by atoms with Gasteiger partial charge in [0.05, 0.1) is 27.0 Å². The molecule has 25 heavy (non-hydrogen) atoms. The van der Waals surface area contributed by atoms with E-state index in [2.05, 4.69) is 4.98 Å². The van der Waals surface area contributed by atoms with Gasteiger partial charge >= 0.3 is 5.97 Å². The number of carbonyl (C=O) groups is 1. The fourth-order valence-electron chi connectivity index (χ4n) is 3.00. The normalized spacial score (nSPS) is 11.1. The summed E-state index contributed by atoms with van der Waals surface area (Å²) in [5.74, 6) is -0.322. The van der Waals surface area contributed by atoms with Gasteiger partial charge in [0, 0.05) is 5.39 Å². The van der Waals surface area contributed by atoms with E-state index in [0.29, 0.717) is 28.4 Å². The molecule has 2 N–H and O–H groups in total. The van der Waals surface area contributed by atoms with E-state index < -0.39 is 5.97 Å². The van der Waals surface area contributed by atoms with Crippen molar-refractivity contribution in [2.24, 2.45) is 0 Å². The maximum absolute atomic E-state index is 11.5. The van der Waals surface area contributed by atoms with Crippen LogP contribution in [-0.2, 0) is 6.61 Å². The number of carboxylic acid groups (broad SMARTS) is 1. The summed E-state index contributed by atoms with van der Waals surface area (Å²) in [6.45, 7) is 0.420. The Morgan fingerprint density at radius 1 is 1.00 bits per heavy atom. The molecule has 0 fully saturated rings. The molecule has 5 heteroatoms. The highest BCUT2D eigenvalue weighted by molar-refractivity contribution is 6.37. The van der Waals surface area contributed by atoms with Crippen LogP contribution in [-0.4, -0.2) is 16.1 Å². The topological polar surface area (TPSA) is 62.3 Å². The Morgan fingerprint density at radius 3 is 2.56 bits per heavy atom. The summed E-state index contributed by atoms with van der Waals surface area (Å²) in [5, 5.41) is 11.5. The highest BCUT2D eigenvalue weighted by Crippen LogP contribution is 2.38. The third-order valence-electron chi connectivity index (χ3n) is 4.17. The molecule has 4 rings (SSSR count). The zero-order valence-corrected chi connectivity index (χ0v) is 13.9. The smallest absolute Gasteiger partial charge is 0.337 e. The predicted molar refractivity (Wildman–Crippen MR) is 98.5 cm³/mol. The molecule has 4 aromatic rings. The van der Waals surface area contributed by atoms with E-state index >= 15 is 0 Å². The van der Waals surface area contributed by atoms with Crippen LogP contribution in [0.4, 0.5) is 0 Å². The SMILES string of the molecule is O=C(O)c1cccc2c1[nH]c1c(Cl)ccc(OCc3ccccc3)c12. The number of aromatic nitrogens is 1. The first-order valence-corrected chi connectivity index (χ1v) is 8.16. The molecule has 0 aliphatic rings. The van der Waals surface area contributed by atoms with Crippen molar-refractivity contribution < 1.29 is 14.6 Å². The van der Waals surface area contributed by atoms with E-state index in [9.17, 15) is 9.90 Å². The number of halogens is 1. The highest BCUT2D eigenvalue weighted by atomic mass is 35.5. The Bertz CT molecular complexity index is 1090. The molecule has 0 bridgehead atoms. The van der Waals surface area contributed by atoms with Crippen molar-refractivity contribution in [1.82, 2.24) is 4.98 Å². The minimum atomic E-state index is -0.986. The van der Waals surface area contributed by atoms with Crippen LogP contribution in [0, 0.1) is 0 Å². The molecule has 0 atom stereocenters. The lowest BCUT2D eigenvalue weighted by molar-refractivity contribution is 0.0699. The van der Waals surface area contributed by atoms with Gasteiger partial charge in [-0.15, -0.1) is 0 Å². The number of rotatable bonds is 4. The van der Waals surface area contributed by atoms with Crippen molar-refractivity contribution >= 4 is 39.4 Å². The lowest BCUT2D eigenvalue weighted by Crippen LogP contribution is -1.96. The molecule has 0 unspecified atom stereocenters. The van der Waals surface area contributed by atoms with Crippen LogP contribution in [0.25, 0.3) is 21.8 Å². The number of aromatic amines is 1. The van der Waals surface area contributed by atoms with Gasteiger partial charge in [-0.3, -0.25) is 0 Å². The molecule has 0 saturated heterocycles. The number of H-pyrrole nitrogens is 1. The maximum atomic E-state index is 11.5. The molecular weight excluding hydrogens is 338 g/mol. The van der Waals surface area contributed by atoms with Gasteiger partial charge in [0.15, 0.2) is 0 Å². The van der Waals surface area contributed by atoms with Crippen LogP contribution < -0.4 is 4.74 Å². The number of hydrogen-bond acceptors (Lipinski definition) is 2. The fraction of sp³-hybridized carbons (Fsp3) is 0.0500. The van der Waals surface area contributed by atoms with Gasteiger partial charge in [0.1, 0.15) is 12.4 Å². The largest absolute Gasteiger partial charge is 0.488 e. The second-order valence-corrected chi connectivity index (χ2v) is 6.14. The van der Waals surface area contributed by atoms with Gasteiger partial charge in [-0.25, -0.2) is 4.79 Å². The van der Waals surface area contributed by atoms with Gasteiger partial charge in [-0.05, 0) is 23.8 Å². The van der Waals surface area contributed by atoms with Gasteiger partial charge in [-0.2, -0.15) is 0 Å². The van der Waals surface area contributed by atoms with Gasteiger partial charge in [0.25, 0.3) is 0 Å². The molecule has 4 nitrogen and oxygen atoms in total. The van der Waals surface area contributed by atoms with Crippen molar-refractivity contribution in [2.45, 2.75) is 6.61 Å². The summed E-state index contributed by atoms with van der Waals surface area (Å²) in [6.07, 6.45) is 0. The van der Waals surface area contributed by atoms with Crippen LogP contribution in [0.3, 0.4) is 0 Å². The molecule has 0 amide bonds. The molecule has 1 aromatic heterocycles. The average molecular weight is 352 g/mol. The predicted octanol–water partition coefficient (Wildman–Crippen LogP) is 5.25. The summed E-state index contributed by atoms with van der Waals surface area (Å²) < 4.78 is 6.00. The first-order valence-electron chi connectivity index (χ1n) is 7.78. The number of hydrogen-bond donors (Lipinski definition) is 2. The lowest BCUT2D eigenvalue weighted by Gasteiger charge is -2.09. The van der Waals surface area contributed by atoms with Crippen LogP contribution in [0.1, 0.15) is 15.9 Å². The molecule has 0 radical (unpaired) electrons. The minimum Gasteiger partial charge on any atom is -0.488 e. The summed E-state index contributed by atoms with van der Waals surface area (Å²) in [5.41, 5.74) is 2.48. The minimum absolute atomic E-state index is 0.207. The van der Waals surface area contributed by atoms with Crippen LogP contribution in [0.5, 0.6) is 5.75 Å². The molecule has 0 aliphatic heterocycles. The number of para-hydroxylation sites is 1. The van der Waals surface area contributed by atoms with E-state index in [1.807, 2.05) is 42.5 Å². The summed E-state index contributed by atoms with van der Waals surface area (Å²) >= 11 is 6.32. The van der Waals surface area contributed by atoms with Gasteiger partial charge < -0.3 is 14.8 Å². The average Bonchev–Trinajstić information content (AvgIpc) is 3.02. The van der Waals surface area contributed by atoms with Crippen molar-refractivity contribution in [2.75, 3.05) is 0 Å². The first-order chi connectivity index (χ1) is 12.1. The second kappa shape index (κ2) is 6.15. The summed E-state index contributed by atoms with van der Waals surface area (Å²) in [6, 6.07) is 18.6. The zero-order chi connectivity index (χ0) is 17.4. The van der Waals surface area contributed by atoms with Crippen LogP contribution in [0.2, 0.25) is 5.02 Å². The van der Waals surface area contributed by atoms with Gasteiger partial charge in [0.2, 0.25) is 0 Å². The number of aromatic carboxylic acids is 1. The molecular formula is C20H14ClNO3. The van der Waals surface area contributed by atoms with Crippen molar-refractivity contribution in [1.29, 1.82) is 0 Å². The number of nitrogens with one attached hydrogen (secondary N) is 1. The Kier molecular flexibility index (Phi) is 3.82. The molecule has 0 saturated carbocycles. The Morgan fingerprint density at radius 2 is 1.80 bits per heavy atom. The summed E-state index contributed by atoms with van der Waals surface area (Å²) in [7, 11) is 0. The lowest BCUT2D eigenvalue weighted by atomic mass is 10.1. The highest BCUT2D eigenvalue weighted by Gasteiger charge is 2.17. The molecule has 0 aliphatic carbocycles. The monoisotopic (exact) mass is 351 g/mol. The van der Waals surface area contributed by atoms with Crippen molar-refractivity contribution in [3.05, 3.63) is 76.8 Å². The van der Waals surface area contributed by atoms with Gasteiger partial charge in [-0.1, -0.05) is 54.1 Å². The molecule has 0 spiro atoms. The second-order valence-electron chi connectivity index (χ2n) is 5.73. The number of carboxylic acids is 1. The molecule has 1 heterocycles. The summed E-state index contributed by atoms with van der Waals surface area (Å²) in [4.78, 5) is 14.6. The fourth-order valence-corrected chi connectivity index (χ4v) is 3.21. The number of benzene rings is 3. The van der Waals surface area contributed by atoms with Crippen molar-refractivity contribution in [3.8, 4) is 5.75 Å². The Hall–Kier alpha value is -2.98. The third-order valence-corrected chi connectivity index (χ3v) is 4.48. The van der Waals surface area contributed by atoms with E-state index in [1.165, 1.54) is 0 Å². The third kappa shape index (κ3) is 2.71. The molecule has 124 valence electrons. The van der Waals surface area contributed by atoms with E-state index in [4.69, 9.17) is 16.3 Å². The maximum Gasteiger partial charge on any atom is 0.337 e. The quantitative estimate of drug-likeness (QED) is 0.527. The van der Waals surface area contributed by atoms with Crippen molar-refractivity contribution in [3.63, 3.8) is 0 Å². The first kappa shape index (κ1) is 15.5. The number of ether oxygens (including phenoxy) is 1. The Labute approximate surface area is 148 Å².